The molecule has 0 radical (unpaired) electrons. The molecule has 0 bridgehead atoms. The average molecular weight is 254 g/mol. The molecule has 1 unspecified atom stereocenters. The van der Waals surface area contributed by atoms with Crippen molar-refractivity contribution in [1.82, 2.24) is 10.2 Å². The standard InChI is InChI=1S/C13H22N2O3/c1-10(5-4-6-17-3)9-18-13-11(2)7-12(8-16)14-15-13/h7,10,16H,4-6,8-9H2,1-3H3. The number of hydrogen-bond acceptors (Lipinski definition) is 5. The summed E-state index contributed by atoms with van der Waals surface area (Å²) in [4.78, 5) is 0. The Morgan fingerprint density at radius 2 is 2.17 bits per heavy atom. The van der Waals surface area contributed by atoms with E-state index in [0.717, 1.165) is 25.0 Å². The molecule has 1 atom stereocenters. The number of aromatic nitrogens is 2. The molecule has 1 heterocycles. The highest BCUT2D eigenvalue weighted by atomic mass is 16.5. The lowest BCUT2D eigenvalue weighted by molar-refractivity contribution is 0.176. The molecule has 18 heavy (non-hydrogen) atoms. The topological polar surface area (TPSA) is 64.5 Å². The first kappa shape index (κ1) is 14.9. The van der Waals surface area contributed by atoms with E-state index in [1.54, 1.807) is 13.2 Å². The van der Waals surface area contributed by atoms with E-state index >= 15 is 0 Å². The van der Waals surface area contributed by atoms with Gasteiger partial charge in [-0.1, -0.05) is 6.92 Å². The van der Waals surface area contributed by atoms with Crippen molar-refractivity contribution in [3.63, 3.8) is 0 Å². The van der Waals surface area contributed by atoms with Crippen LogP contribution in [0, 0.1) is 12.8 Å². The van der Waals surface area contributed by atoms with E-state index in [2.05, 4.69) is 17.1 Å². The molecular weight excluding hydrogens is 232 g/mol. The maximum Gasteiger partial charge on any atom is 0.236 e. The molecule has 5 nitrogen and oxygen atoms in total. The fraction of sp³-hybridized carbons (Fsp3) is 0.692. The van der Waals surface area contributed by atoms with Crippen molar-refractivity contribution in [1.29, 1.82) is 0 Å². The molecular formula is C13H22N2O3. The van der Waals surface area contributed by atoms with Gasteiger partial charge in [0.2, 0.25) is 5.88 Å². The van der Waals surface area contributed by atoms with Crippen LogP contribution in [0.2, 0.25) is 0 Å². The van der Waals surface area contributed by atoms with Crippen LogP contribution < -0.4 is 4.74 Å². The van der Waals surface area contributed by atoms with Crippen molar-refractivity contribution in [3.05, 3.63) is 17.3 Å². The fourth-order valence-electron chi connectivity index (χ4n) is 1.63. The van der Waals surface area contributed by atoms with E-state index in [-0.39, 0.29) is 6.61 Å². The van der Waals surface area contributed by atoms with Gasteiger partial charge < -0.3 is 14.6 Å². The molecule has 0 amide bonds. The van der Waals surface area contributed by atoms with Crippen LogP contribution in [0.5, 0.6) is 5.88 Å². The molecule has 1 aromatic rings. The number of ether oxygens (including phenoxy) is 2. The van der Waals surface area contributed by atoms with E-state index in [9.17, 15) is 0 Å². The molecule has 0 saturated heterocycles. The lowest BCUT2D eigenvalue weighted by Crippen LogP contribution is -2.11. The van der Waals surface area contributed by atoms with Crippen molar-refractivity contribution < 1.29 is 14.6 Å². The fourth-order valence-corrected chi connectivity index (χ4v) is 1.63. The summed E-state index contributed by atoms with van der Waals surface area (Å²) in [6.45, 7) is 5.35. The van der Waals surface area contributed by atoms with E-state index in [1.807, 2.05) is 6.92 Å². The quantitative estimate of drug-likeness (QED) is 0.716. The summed E-state index contributed by atoms with van der Waals surface area (Å²) < 4.78 is 10.6. The highest BCUT2D eigenvalue weighted by Crippen LogP contribution is 2.15. The predicted molar refractivity (Wildman–Crippen MR) is 68.5 cm³/mol. The number of nitrogens with zero attached hydrogens (tertiary/aromatic N) is 2. The summed E-state index contributed by atoms with van der Waals surface area (Å²) >= 11 is 0. The second kappa shape index (κ2) is 8.00. The van der Waals surface area contributed by atoms with Crippen LogP contribution in [-0.2, 0) is 11.3 Å². The van der Waals surface area contributed by atoms with Crippen molar-refractivity contribution in [2.45, 2.75) is 33.3 Å². The van der Waals surface area contributed by atoms with Crippen LogP contribution in [0.25, 0.3) is 0 Å². The number of aryl methyl sites for hydroxylation is 1. The molecule has 0 aliphatic heterocycles. The molecule has 1 rings (SSSR count). The smallest absolute Gasteiger partial charge is 0.236 e. The minimum absolute atomic E-state index is 0.0957. The molecule has 0 aliphatic rings. The van der Waals surface area contributed by atoms with Gasteiger partial charge in [-0.15, -0.1) is 10.2 Å². The zero-order chi connectivity index (χ0) is 13.4. The number of hydrogen-bond donors (Lipinski definition) is 1. The van der Waals surface area contributed by atoms with Gasteiger partial charge in [0.25, 0.3) is 0 Å². The second-order valence-corrected chi connectivity index (χ2v) is 4.53. The maximum atomic E-state index is 8.94. The Labute approximate surface area is 108 Å². The number of rotatable bonds is 8. The molecule has 1 N–H and O–H groups in total. The molecule has 1 aromatic heterocycles. The van der Waals surface area contributed by atoms with Crippen LogP contribution in [0.3, 0.4) is 0 Å². The van der Waals surface area contributed by atoms with Gasteiger partial charge in [-0.3, -0.25) is 0 Å². The van der Waals surface area contributed by atoms with Gasteiger partial charge in [-0.05, 0) is 31.7 Å². The normalized spacial score (nSPS) is 12.4. The minimum atomic E-state index is -0.0957. The van der Waals surface area contributed by atoms with E-state index in [4.69, 9.17) is 14.6 Å². The van der Waals surface area contributed by atoms with Gasteiger partial charge in [-0.25, -0.2) is 0 Å². The molecule has 5 heteroatoms. The maximum absolute atomic E-state index is 8.94. The molecule has 0 fully saturated rings. The third-order valence-corrected chi connectivity index (χ3v) is 2.70. The monoisotopic (exact) mass is 254 g/mol. The molecule has 0 spiro atoms. The third-order valence-electron chi connectivity index (χ3n) is 2.70. The third kappa shape index (κ3) is 4.98. The summed E-state index contributed by atoms with van der Waals surface area (Å²) in [5.74, 6) is 1.00. The van der Waals surface area contributed by atoms with Gasteiger partial charge in [0, 0.05) is 19.3 Å². The summed E-state index contributed by atoms with van der Waals surface area (Å²) in [5.41, 5.74) is 1.46. The largest absolute Gasteiger partial charge is 0.476 e. The van der Waals surface area contributed by atoms with E-state index in [1.165, 1.54) is 0 Å². The number of aliphatic hydroxyl groups is 1. The lowest BCUT2D eigenvalue weighted by Gasteiger charge is -2.13. The van der Waals surface area contributed by atoms with Crippen LogP contribution in [0.15, 0.2) is 6.07 Å². The first-order valence-electron chi connectivity index (χ1n) is 6.23. The Bertz CT molecular complexity index is 358. The Hall–Kier alpha value is -1.20. The van der Waals surface area contributed by atoms with Gasteiger partial charge in [0.15, 0.2) is 0 Å². The zero-order valence-electron chi connectivity index (χ0n) is 11.3. The highest BCUT2D eigenvalue weighted by Gasteiger charge is 2.07. The highest BCUT2D eigenvalue weighted by molar-refractivity contribution is 5.24. The predicted octanol–water partition coefficient (Wildman–Crippen LogP) is 1.72. The van der Waals surface area contributed by atoms with Gasteiger partial charge in [-0.2, -0.15) is 0 Å². The van der Waals surface area contributed by atoms with Crippen LogP contribution >= 0.6 is 0 Å². The average Bonchev–Trinajstić information content (AvgIpc) is 2.37. The minimum Gasteiger partial charge on any atom is -0.476 e. The van der Waals surface area contributed by atoms with Gasteiger partial charge >= 0.3 is 0 Å². The van der Waals surface area contributed by atoms with Gasteiger partial charge in [0.1, 0.15) is 0 Å². The summed E-state index contributed by atoms with van der Waals surface area (Å²) in [7, 11) is 1.71. The van der Waals surface area contributed by atoms with Crippen molar-refractivity contribution in [3.8, 4) is 5.88 Å². The molecule has 0 aliphatic carbocycles. The van der Waals surface area contributed by atoms with E-state index in [0.29, 0.717) is 24.1 Å². The number of methoxy groups -OCH3 is 1. The Morgan fingerprint density at radius 3 is 2.78 bits per heavy atom. The molecule has 0 aromatic carbocycles. The Morgan fingerprint density at radius 1 is 1.39 bits per heavy atom. The molecule has 102 valence electrons. The van der Waals surface area contributed by atoms with E-state index < -0.39 is 0 Å². The van der Waals surface area contributed by atoms with Crippen molar-refractivity contribution in [2.75, 3.05) is 20.3 Å². The van der Waals surface area contributed by atoms with Crippen molar-refractivity contribution >= 4 is 0 Å². The summed E-state index contributed by atoms with van der Waals surface area (Å²) in [6, 6.07) is 1.79. The first-order chi connectivity index (χ1) is 8.67. The summed E-state index contributed by atoms with van der Waals surface area (Å²) in [5, 5.41) is 16.8. The van der Waals surface area contributed by atoms with Crippen molar-refractivity contribution in [2.24, 2.45) is 5.92 Å². The van der Waals surface area contributed by atoms with Crippen LogP contribution in [0.4, 0.5) is 0 Å². The SMILES string of the molecule is COCCCC(C)COc1nnc(CO)cc1C. The Kier molecular flexibility index (Phi) is 6.60. The lowest BCUT2D eigenvalue weighted by atomic mass is 10.1. The second-order valence-electron chi connectivity index (χ2n) is 4.53. The van der Waals surface area contributed by atoms with Gasteiger partial charge in [0.05, 0.1) is 18.9 Å². The first-order valence-corrected chi connectivity index (χ1v) is 6.23. The Balaban J connectivity index is 2.38. The molecule has 0 saturated carbocycles. The van der Waals surface area contributed by atoms with Crippen LogP contribution in [-0.4, -0.2) is 35.6 Å². The number of aliphatic hydroxyl groups excluding tert-OH is 1. The zero-order valence-corrected chi connectivity index (χ0v) is 11.3. The summed E-state index contributed by atoms with van der Waals surface area (Å²) in [6.07, 6.45) is 2.10. The van der Waals surface area contributed by atoms with Crippen LogP contribution in [0.1, 0.15) is 31.0 Å².